The van der Waals surface area contributed by atoms with Gasteiger partial charge in [-0.2, -0.15) is 0 Å². The molecule has 2 unspecified atom stereocenters. The van der Waals surface area contributed by atoms with Crippen LogP contribution in [0.5, 0.6) is 0 Å². The normalized spacial score (nSPS) is 13.4. The second kappa shape index (κ2) is 14.3. The van der Waals surface area contributed by atoms with Crippen molar-refractivity contribution in [2.75, 3.05) is 20.3 Å². The number of benzene rings is 3. The van der Waals surface area contributed by atoms with Gasteiger partial charge in [-0.05, 0) is 73.9 Å². The summed E-state index contributed by atoms with van der Waals surface area (Å²) in [5.74, 6) is -0.146. The standard InChI is InChI=1S/C32H43NO4/c1-24(30-16-11-10-14-27(30)13-6-5-7-17-31(35)36-4)37-23-29(34)22-33-32(2,3)21-25-18-19-26-12-8-9-15-28(26)20-25/h8-12,14-16,18-20,24,29,33-34H,5-7,13,17,21-23H2,1-4H3. The molecule has 3 rings (SSSR count). The third-order valence-electron chi connectivity index (χ3n) is 6.86. The average molecular weight is 506 g/mol. The first kappa shape index (κ1) is 28.8. The highest BCUT2D eigenvalue weighted by atomic mass is 16.5. The summed E-state index contributed by atoms with van der Waals surface area (Å²) in [5.41, 5.74) is 3.54. The van der Waals surface area contributed by atoms with Crippen LogP contribution in [-0.2, 0) is 27.1 Å². The minimum Gasteiger partial charge on any atom is -0.469 e. The first-order valence-electron chi connectivity index (χ1n) is 13.4. The van der Waals surface area contributed by atoms with Crippen LogP contribution in [-0.4, -0.2) is 43.0 Å². The van der Waals surface area contributed by atoms with Crippen LogP contribution in [0.4, 0.5) is 0 Å². The first-order valence-corrected chi connectivity index (χ1v) is 13.4. The Kier molecular flexibility index (Phi) is 11.1. The molecule has 0 bridgehead atoms. The second-order valence-corrected chi connectivity index (χ2v) is 10.6. The highest BCUT2D eigenvalue weighted by molar-refractivity contribution is 5.83. The van der Waals surface area contributed by atoms with E-state index in [1.807, 2.05) is 13.0 Å². The number of esters is 1. The molecule has 3 aromatic rings. The van der Waals surface area contributed by atoms with Crippen molar-refractivity contribution in [3.8, 4) is 0 Å². The molecule has 0 aliphatic carbocycles. The van der Waals surface area contributed by atoms with Crippen LogP contribution in [0, 0.1) is 0 Å². The van der Waals surface area contributed by atoms with Gasteiger partial charge >= 0.3 is 5.97 Å². The van der Waals surface area contributed by atoms with Crippen LogP contribution < -0.4 is 5.32 Å². The van der Waals surface area contributed by atoms with E-state index in [-0.39, 0.29) is 24.2 Å². The summed E-state index contributed by atoms with van der Waals surface area (Å²) in [6.45, 7) is 7.11. The summed E-state index contributed by atoms with van der Waals surface area (Å²) in [7, 11) is 1.43. The van der Waals surface area contributed by atoms with E-state index in [0.717, 1.165) is 37.7 Å². The van der Waals surface area contributed by atoms with E-state index in [1.165, 1.54) is 29.0 Å². The number of fused-ring (bicyclic) bond motifs is 1. The molecule has 0 aliphatic heterocycles. The molecule has 0 saturated carbocycles. The van der Waals surface area contributed by atoms with Crippen LogP contribution in [0.1, 0.15) is 69.2 Å². The van der Waals surface area contributed by atoms with Gasteiger partial charge in [-0.3, -0.25) is 4.79 Å². The summed E-state index contributed by atoms with van der Waals surface area (Å²) in [5, 5.41) is 16.6. The lowest BCUT2D eigenvalue weighted by molar-refractivity contribution is -0.140. The summed E-state index contributed by atoms with van der Waals surface area (Å²) in [6, 6.07) is 23.3. The summed E-state index contributed by atoms with van der Waals surface area (Å²) in [6.07, 6.45) is 4.43. The first-order chi connectivity index (χ1) is 17.8. The Bertz CT molecular complexity index is 1130. The number of β-amino-alcohol motifs (C(OH)–C–C–N with tert-alkyl or cyclic N) is 1. The number of aryl methyl sites for hydroxylation is 1. The molecule has 5 heteroatoms. The zero-order chi connectivity index (χ0) is 26.7. The van der Waals surface area contributed by atoms with Gasteiger partial charge in [0.15, 0.2) is 0 Å². The Labute approximate surface area is 222 Å². The van der Waals surface area contributed by atoms with E-state index in [4.69, 9.17) is 9.47 Å². The number of aliphatic hydroxyl groups is 1. The molecule has 0 radical (unpaired) electrons. The predicted molar refractivity (Wildman–Crippen MR) is 151 cm³/mol. The van der Waals surface area contributed by atoms with Crippen LogP contribution in [0.3, 0.4) is 0 Å². The van der Waals surface area contributed by atoms with Gasteiger partial charge in [0.05, 0.1) is 25.9 Å². The van der Waals surface area contributed by atoms with Gasteiger partial charge in [-0.25, -0.2) is 0 Å². The Morgan fingerprint density at radius 1 is 0.973 bits per heavy atom. The molecule has 3 aromatic carbocycles. The molecule has 5 nitrogen and oxygen atoms in total. The van der Waals surface area contributed by atoms with Crippen LogP contribution in [0.2, 0.25) is 0 Å². The molecule has 200 valence electrons. The maximum atomic E-state index is 11.3. The number of carbonyl (C=O) groups excluding carboxylic acids is 1. The maximum absolute atomic E-state index is 11.3. The topological polar surface area (TPSA) is 67.8 Å². The minimum atomic E-state index is -0.594. The van der Waals surface area contributed by atoms with Gasteiger partial charge in [0.25, 0.3) is 0 Å². The number of ether oxygens (including phenoxy) is 2. The second-order valence-electron chi connectivity index (χ2n) is 10.6. The maximum Gasteiger partial charge on any atom is 0.305 e. The Hall–Kier alpha value is -2.73. The summed E-state index contributed by atoms with van der Waals surface area (Å²) in [4.78, 5) is 11.3. The number of hydrogen-bond acceptors (Lipinski definition) is 5. The van der Waals surface area contributed by atoms with Crippen molar-refractivity contribution in [3.05, 3.63) is 83.4 Å². The molecule has 37 heavy (non-hydrogen) atoms. The number of aliphatic hydroxyl groups excluding tert-OH is 1. The van der Waals surface area contributed by atoms with Gasteiger partial charge in [0.2, 0.25) is 0 Å². The van der Waals surface area contributed by atoms with Gasteiger partial charge in [-0.1, -0.05) is 73.2 Å². The molecule has 0 saturated heterocycles. The lowest BCUT2D eigenvalue weighted by atomic mass is 9.93. The molecule has 0 aliphatic rings. The fourth-order valence-electron chi connectivity index (χ4n) is 4.74. The molecular formula is C32H43NO4. The minimum absolute atomic E-state index is 0.105. The van der Waals surface area contributed by atoms with Gasteiger partial charge in [0, 0.05) is 18.5 Å². The van der Waals surface area contributed by atoms with Crippen molar-refractivity contribution in [2.24, 2.45) is 0 Å². The van der Waals surface area contributed by atoms with Crippen molar-refractivity contribution in [2.45, 2.75) is 77.0 Å². The molecule has 0 heterocycles. The van der Waals surface area contributed by atoms with Crippen molar-refractivity contribution in [1.82, 2.24) is 5.32 Å². The predicted octanol–water partition coefficient (Wildman–Crippen LogP) is 6.17. The van der Waals surface area contributed by atoms with Gasteiger partial charge in [-0.15, -0.1) is 0 Å². The monoisotopic (exact) mass is 505 g/mol. The highest BCUT2D eigenvalue weighted by Crippen LogP contribution is 2.24. The van der Waals surface area contributed by atoms with E-state index in [1.54, 1.807) is 0 Å². The third kappa shape index (κ3) is 9.58. The zero-order valence-corrected chi connectivity index (χ0v) is 22.8. The number of carbonyl (C=O) groups is 1. The molecule has 0 fully saturated rings. The Morgan fingerprint density at radius 2 is 1.70 bits per heavy atom. The van der Waals surface area contributed by atoms with Crippen LogP contribution in [0.15, 0.2) is 66.7 Å². The van der Waals surface area contributed by atoms with Gasteiger partial charge in [0.1, 0.15) is 0 Å². The van der Waals surface area contributed by atoms with Crippen molar-refractivity contribution in [3.63, 3.8) is 0 Å². The van der Waals surface area contributed by atoms with Crippen LogP contribution in [0.25, 0.3) is 10.8 Å². The lowest BCUT2D eigenvalue weighted by Crippen LogP contribution is -2.46. The quantitative estimate of drug-likeness (QED) is 0.191. The zero-order valence-electron chi connectivity index (χ0n) is 22.8. The molecular weight excluding hydrogens is 462 g/mol. The van der Waals surface area contributed by atoms with Crippen molar-refractivity contribution >= 4 is 16.7 Å². The molecule has 2 N–H and O–H groups in total. The van der Waals surface area contributed by atoms with E-state index >= 15 is 0 Å². The van der Waals surface area contributed by atoms with E-state index in [9.17, 15) is 9.90 Å². The number of unbranched alkanes of at least 4 members (excludes halogenated alkanes) is 2. The van der Waals surface area contributed by atoms with E-state index in [0.29, 0.717) is 13.0 Å². The lowest BCUT2D eigenvalue weighted by Gasteiger charge is -2.28. The molecule has 0 amide bonds. The highest BCUT2D eigenvalue weighted by Gasteiger charge is 2.20. The molecule has 0 aromatic heterocycles. The molecule has 2 atom stereocenters. The Balaban J connectivity index is 1.43. The van der Waals surface area contributed by atoms with Gasteiger partial charge < -0.3 is 19.9 Å². The van der Waals surface area contributed by atoms with E-state index in [2.05, 4.69) is 79.8 Å². The number of methoxy groups -OCH3 is 1. The van der Waals surface area contributed by atoms with Crippen molar-refractivity contribution in [1.29, 1.82) is 0 Å². The summed E-state index contributed by atoms with van der Waals surface area (Å²) >= 11 is 0. The van der Waals surface area contributed by atoms with Crippen molar-refractivity contribution < 1.29 is 19.4 Å². The smallest absolute Gasteiger partial charge is 0.305 e. The van der Waals surface area contributed by atoms with E-state index < -0.39 is 6.10 Å². The average Bonchev–Trinajstić information content (AvgIpc) is 2.90. The van der Waals surface area contributed by atoms with Crippen LogP contribution >= 0.6 is 0 Å². The number of hydrogen-bond donors (Lipinski definition) is 2. The fourth-order valence-corrected chi connectivity index (χ4v) is 4.74. The third-order valence-corrected chi connectivity index (χ3v) is 6.86. The fraction of sp³-hybridized carbons (Fsp3) is 0.469. The number of nitrogens with one attached hydrogen (secondary N) is 1. The summed E-state index contributed by atoms with van der Waals surface area (Å²) < 4.78 is 10.8. The molecule has 0 spiro atoms. The number of rotatable bonds is 15. The SMILES string of the molecule is COC(=O)CCCCCc1ccccc1C(C)OCC(O)CNC(C)(C)Cc1ccc2ccccc2c1. The Morgan fingerprint density at radius 3 is 2.49 bits per heavy atom. The largest absolute Gasteiger partial charge is 0.469 e.